The molecule has 0 radical (unpaired) electrons. The number of halogens is 1. The van der Waals surface area contributed by atoms with Crippen LogP contribution in [0.25, 0.3) is 0 Å². The van der Waals surface area contributed by atoms with Crippen LogP contribution in [0, 0.1) is 13.8 Å². The van der Waals surface area contributed by atoms with Crippen molar-refractivity contribution < 1.29 is 18.0 Å². The van der Waals surface area contributed by atoms with Gasteiger partial charge >= 0.3 is 0 Å². The molecule has 0 aliphatic heterocycles. The van der Waals surface area contributed by atoms with Crippen LogP contribution in [0.1, 0.15) is 18.1 Å². The monoisotopic (exact) mass is 485 g/mol. The molecule has 0 heterocycles. The summed E-state index contributed by atoms with van der Waals surface area (Å²) in [4.78, 5) is 24.1. The molecule has 9 heteroatoms. The van der Waals surface area contributed by atoms with Crippen LogP contribution in [-0.4, -0.2) is 26.8 Å². The first kappa shape index (κ1) is 24.3. The molecule has 3 aromatic rings. The largest absolute Gasteiger partial charge is 0.326 e. The highest BCUT2D eigenvalue weighted by molar-refractivity contribution is 7.92. The predicted molar refractivity (Wildman–Crippen MR) is 131 cm³/mol. The van der Waals surface area contributed by atoms with Gasteiger partial charge in [-0.05, 0) is 74.0 Å². The first-order valence-corrected chi connectivity index (χ1v) is 11.9. The molecule has 3 rings (SSSR count). The second kappa shape index (κ2) is 10.1. The lowest BCUT2D eigenvalue weighted by molar-refractivity contribution is -0.115. The van der Waals surface area contributed by atoms with Gasteiger partial charge in [-0.25, -0.2) is 8.42 Å². The summed E-state index contributed by atoms with van der Waals surface area (Å²) in [7, 11) is -4.03. The van der Waals surface area contributed by atoms with Crippen molar-refractivity contribution in [1.29, 1.82) is 0 Å². The lowest BCUT2D eigenvalue weighted by atomic mass is 10.2. The SMILES string of the molecule is CC(=O)Nc1ccc(NC(=O)CN(c2ccc(Cl)cc2C)S(=O)(=O)c2ccc(C)cc2)cc1. The highest BCUT2D eigenvalue weighted by atomic mass is 35.5. The number of carbonyl (C=O) groups is 2. The van der Waals surface area contributed by atoms with Crippen molar-refractivity contribution in [2.75, 3.05) is 21.5 Å². The van der Waals surface area contributed by atoms with Gasteiger partial charge in [-0.1, -0.05) is 29.3 Å². The standard InChI is InChI=1S/C24H24ClN3O4S/c1-16-4-11-22(12-5-16)33(31,32)28(23-13-6-19(25)14-17(23)2)15-24(30)27-21-9-7-20(8-10-21)26-18(3)29/h4-14H,15H2,1-3H3,(H,26,29)(H,27,30). The molecular weight excluding hydrogens is 462 g/mol. The van der Waals surface area contributed by atoms with E-state index in [4.69, 9.17) is 11.6 Å². The Hall–Kier alpha value is -3.36. The first-order valence-electron chi connectivity index (χ1n) is 10.1. The number of aryl methyl sites for hydroxylation is 2. The summed E-state index contributed by atoms with van der Waals surface area (Å²) in [5.74, 6) is -0.727. The van der Waals surface area contributed by atoms with Gasteiger partial charge in [0.1, 0.15) is 6.54 Å². The fourth-order valence-electron chi connectivity index (χ4n) is 3.21. The molecule has 2 amide bonds. The molecular formula is C24H24ClN3O4S. The van der Waals surface area contributed by atoms with Crippen molar-refractivity contribution in [2.45, 2.75) is 25.7 Å². The van der Waals surface area contributed by atoms with Crippen molar-refractivity contribution in [3.63, 3.8) is 0 Å². The van der Waals surface area contributed by atoms with E-state index in [-0.39, 0.29) is 10.8 Å². The number of amides is 2. The second-order valence-corrected chi connectivity index (χ2v) is 9.86. The number of hydrogen-bond donors (Lipinski definition) is 2. The summed E-state index contributed by atoms with van der Waals surface area (Å²) >= 11 is 6.05. The zero-order valence-corrected chi connectivity index (χ0v) is 20.0. The van der Waals surface area contributed by atoms with E-state index in [1.54, 1.807) is 61.5 Å². The van der Waals surface area contributed by atoms with E-state index in [1.807, 2.05) is 6.92 Å². The Labute approximate surface area is 198 Å². The molecule has 0 saturated carbocycles. The van der Waals surface area contributed by atoms with Crippen LogP contribution in [-0.2, 0) is 19.6 Å². The number of nitrogens with one attached hydrogen (secondary N) is 2. The van der Waals surface area contributed by atoms with Crippen LogP contribution >= 0.6 is 11.6 Å². The number of nitrogens with zero attached hydrogens (tertiary/aromatic N) is 1. The van der Waals surface area contributed by atoms with Crippen molar-refractivity contribution in [3.8, 4) is 0 Å². The van der Waals surface area contributed by atoms with Gasteiger partial charge in [0, 0.05) is 23.3 Å². The van der Waals surface area contributed by atoms with E-state index >= 15 is 0 Å². The van der Waals surface area contributed by atoms with Crippen LogP contribution < -0.4 is 14.9 Å². The molecule has 33 heavy (non-hydrogen) atoms. The number of hydrogen-bond acceptors (Lipinski definition) is 4. The number of rotatable bonds is 7. The minimum atomic E-state index is -4.03. The Morgan fingerprint density at radius 1 is 0.879 bits per heavy atom. The highest BCUT2D eigenvalue weighted by Crippen LogP contribution is 2.29. The van der Waals surface area contributed by atoms with E-state index in [9.17, 15) is 18.0 Å². The molecule has 0 aliphatic carbocycles. The van der Waals surface area contributed by atoms with Crippen molar-refractivity contribution in [1.82, 2.24) is 0 Å². The minimum absolute atomic E-state index is 0.0786. The third-order valence-corrected chi connectivity index (χ3v) is 6.82. The maximum absolute atomic E-state index is 13.5. The fourth-order valence-corrected chi connectivity index (χ4v) is 4.92. The van der Waals surface area contributed by atoms with Gasteiger partial charge in [-0.3, -0.25) is 13.9 Å². The summed E-state index contributed by atoms with van der Waals surface area (Å²) in [6, 6.07) is 17.8. The number of carbonyl (C=O) groups excluding carboxylic acids is 2. The number of sulfonamides is 1. The summed E-state index contributed by atoms with van der Waals surface area (Å²) in [6.07, 6.45) is 0. The molecule has 0 fully saturated rings. The molecule has 2 N–H and O–H groups in total. The minimum Gasteiger partial charge on any atom is -0.326 e. The van der Waals surface area contributed by atoms with Gasteiger partial charge in [0.25, 0.3) is 10.0 Å². The smallest absolute Gasteiger partial charge is 0.264 e. The van der Waals surface area contributed by atoms with E-state index in [0.29, 0.717) is 27.6 Å². The molecule has 0 atom stereocenters. The molecule has 7 nitrogen and oxygen atoms in total. The zero-order chi connectivity index (χ0) is 24.2. The molecule has 0 unspecified atom stereocenters. The topological polar surface area (TPSA) is 95.6 Å². The van der Waals surface area contributed by atoms with Crippen molar-refractivity contribution >= 4 is 50.5 Å². The van der Waals surface area contributed by atoms with Gasteiger partial charge in [-0.15, -0.1) is 0 Å². The van der Waals surface area contributed by atoms with Gasteiger partial charge < -0.3 is 10.6 Å². The number of benzene rings is 3. The first-order chi connectivity index (χ1) is 15.6. The maximum atomic E-state index is 13.5. The van der Waals surface area contributed by atoms with Crippen LogP contribution in [0.2, 0.25) is 5.02 Å². The summed E-state index contributed by atoms with van der Waals surface area (Å²) < 4.78 is 28.1. The molecule has 0 aromatic heterocycles. The lowest BCUT2D eigenvalue weighted by Crippen LogP contribution is -2.38. The maximum Gasteiger partial charge on any atom is 0.264 e. The van der Waals surface area contributed by atoms with Crippen molar-refractivity contribution in [2.24, 2.45) is 0 Å². The van der Waals surface area contributed by atoms with Gasteiger partial charge in [0.15, 0.2) is 0 Å². The summed E-state index contributed by atoms with van der Waals surface area (Å²) in [5.41, 5.74) is 2.95. The van der Waals surface area contributed by atoms with Gasteiger partial charge in [0.2, 0.25) is 11.8 Å². The van der Waals surface area contributed by atoms with Crippen LogP contribution in [0.3, 0.4) is 0 Å². The Kier molecular flexibility index (Phi) is 7.40. The van der Waals surface area contributed by atoms with Crippen LogP contribution in [0.15, 0.2) is 71.6 Å². The Balaban J connectivity index is 1.90. The molecule has 0 spiro atoms. The zero-order valence-electron chi connectivity index (χ0n) is 18.4. The average Bonchev–Trinajstić information content (AvgIpc) is 2.74. The Bertz CT molecular complexity index is 1270. The van der Waals surface area contributed by atoms with Crippen LogP contribution in [0.5, 0.6) is 0 Å². The quantitative estimate of drug-likeness (QED) is 0.504. The fraction of sp³-hybridized carbons (Fsp3) is 0.167. The summed E-state index contributed by atoms with van der Waals surface area (Å²) in [6.45, 7) is 4.56. The lowest BCUT2D eigenvalue weighted by Gasteiger charge is -2.26. The third-order valence-electron chi connectivity index (χ3n) is 4.81. The molecule has 172 valence electrons. The predicted octanol–water partition coefficient (Wildman–Crippen LogP) is 4.75. The van der Waals surface area contributed by atoms with Crippen LogP contribution in [0.4, 0.5) is 17.1 Å². The Morgan fingerprint density at radius 2 is 1.45 bits per heavy atom. The Morgan fingerprint density at radius 3 is 2.00 bits per heavy atom. The molecule has 3 aromatic carbocycles. The van der Waals surface area contributed by atoms with Gasteiger partial charge in [0.05, 0.1) is 10.6 Å². The molecule has 0 bridgehead atoms. The van der Waals surface area contributed by atoms with E-state index in [2.05, 4.69) is 10.6 Å². The highest BCUT2D eigenvalue weighted by Gasteiger charge is 2.28. The van der Waals surface area contributed by atoms with E-state index in [1.165, 1.54) is 19.1 Å². The number of anilines is 3. The van der Waals surface area contributed by atoms with Gasteiger partial charge in [-0.2, -0.15) is 0 Å². The van der Waals surface area contributed by atoms with E-state index in [0.717, 1.165) is 9.87 Å². The second-order valence-electron chi connectivity index (χ2n) is 7.56. The normalized spacial score (nSPS) is 11.0. The average molecular weight is 486 g/mol. The van der Waals surface area contributed by atoms with Crippen molar-refractivity contribution in [3.05, 3.63) is 82.9 Å². The molecule has 0 saturated heterocycles. The molecule has 0 aliphatic rings. The summed E-state index contributed by atoms with van der Waals surface area (Å²) in [5, 5.41) is 5.81. The third kappa shape index (κ3) is 6.12. The van der Waals surface area contributed by atoms with E-state index < -0.39 is 22.5 Å².